The van der Waals surface area contributed by atoms with Crippen LogP contribution in [0.4, 0.5) is 0 Å². The minimum absolute atomic E-state index is 0.955. The van der Waals surface area contributed by atoms with Gasteiger partial charge >= 0.3 is 0 Å². The van der Waals surface area contributed by atoms with Gasteiger partial charge in [0, 0.05) is 14.7 Å². The Balaban J connectivity index is 2.89. The lowest BCUT2D eigenvalue weighted by atomic mass is 10.2. The Morgan fingerprint density at radius 2 is 2.23 bits per heavy atom. The topological polar surface area (TPSA) is 0 Å². The van der Waals surface area contributed by atoms with Crippen LogP contribution in [0.5, 0.6) is 0 Å². The molecule has 13 heavy (non-hydrogen) atoms. The summed E-state index contributed by atoms with van der Waals surface area (Å²) in [5.41, 5.74) is 1.42. The molecule has 1 aromatic rings. The van der Waals surface area contributed by atoms with Crippen LogP contribution in [0, 0.1) is 0 Å². The molecule has 0 unspecified atom stereocenters. The minimum Gasteiger partial charge on any atom is -0.128 e. The van der Waals surface area contributed by atoms with Gasteiger partial charge < -0.3 is 0 Å². The average molecular weight is 389 g/mol. The van der Waals surface area contributed by atoms with Crippen LogP contribution < -0.4 is 0 Å². The standard InChI is InChI=1S/C9H9Br3S/c1-2-6(5-10)3-7-4-8(11)9(12)13-7/h3-4H,2,5H2,1H3. The Kier molecular flexibility index (Phi) is 5.23. The molecule has 0 radical (unpaired) electrons. The first-order valence-corrected chi connectivity index (χ1v) is 7.40. The van der Waals surface area contributed by atoms with E-state index in [1.807, 2.05) is 0 Å². The van der Waals surface area contributed by atoms with Gasteiger partial charge in [-0.05, 0) is 50.4 Å². The van der Waals surface area contributed by atoms with Gasteiger partial charge in [-0.3, -0.25) is 0 Å². The van der Waals surface area contributed by atoms with Crippen molar-refractivity contribution >= 4 is 65.2 Å². The van der Waals surface area contributed by atoms with Crippen LogP contribution in [0.1, 0.15) is 18.2 Å². The van der Waals surface area contributed by atoms with Crippen molar-refractivity contribution in [3.63, 3.8) is 0 Å². The van der Waals surface area contributed by atoms with Crippen molar-refractivity contribution in [1.29, 1.82) is 0 Å². The molecular weight excluding hydrogens is 380 g/mol. The molecule has 1 heterocycles. The second-order valence-electron chi connectivity index (χ2n) is 2.56. The van der Waals surface area contributed by atoms with Gasteiger partial charge in [-0.25, -0.2) is 0 Å². The SMILES string of the molecule is CCC(=Cc1cc(Br)c(Br)s1)CBr. The lowest BCUT2D eigenvalue weighted by Gasteiger charge is -1.95. The fourth-order valence-electron chi connectivity index (χ4n) is 0.871. The summed E-state index contributed by atoms with van der Waals surface area (Å²) in [5.74, 6) is 0. The monoisotopic (exact) mass is 386 g/mol. The Hall–Kier alpha value is 0.880. The highest BCUT2D eigenvalue weighted by Crippen LogP contribution is 2.33. The van der Waals surface area contributed by atoms with E-state index >= 15 is 0 Å². The molecular formula is C9H9Br3S. The summed E-state index contributed by atoms with van der Waals surface area (Å²) in [5, 5.41) is 0.955. The van der Waals surface area contributed by atoms with E-state index < -0.39 is 0 Å². The van der Waals surface area contributed by atoms with Gasteiger partial charge in [0.25, 0.3) is 0 Å². The summed E-state index contributed by atoms with van der Waals surface area (Å²) in [6.07, 6.45) is 3.33. The van der Waals surface area contributed by atoms with E-state index in [-0.39, 0.29) is 0 Å². The molecule has 1 rings (SSSR count). The number of alkyl halides is 1. The number of halogens is 3. The zero-order valence-corrected chi connectivity index (χ0v) is 12.7. The van der Waals surface area contributed by atoms with E-state index in [4.69, 9.17) is 0 Å². The predicted octanol–water partition coefficient (Wildman–Crippen LogP) is 5.46. The highest BCUT2D eigenvalue weighted by Gasteiger charge is 2.02. The Morgan fingerprint density at radius 1 is 1.54 bits per heavy atom. The molecule has 0 spiro atoms. The third kappa shape index (κ3) is 3.50. The third-order valence-electron chi connectivity index (χ3n) is 1.64. The van der Waals surface area contributed by atoms with E-state index in [1.54, 1.807) is 11.3 Å². The van der Waals surface area contributed by atoms with Gasteiger partial charge in [0.15, 0.2) is 0 Å². The maximum atomic E-state index is 3.48. The molecule has 0 aliphatic rings. The lowest BCUT2D eigenvalue weighted by molar-refractivity contribution is 1.13. The van der Waals surface area contributed by atoms with Gasteiger partial charge in [-0.15, -0.1) is 11.3 Å². The Morgan fingerprint density at radius 3 is 2.62 bits per heavy atom. The summed E-state index contributed by atoms with van der Waals surface area (Å²) >= 11 is 12.2. The normalized spacial score (nSPS) is 12.2. The first-order chi connectivity index (χ1) is 6.17. The maximum Gasteiger partial charge on any atom is 0.0846 e. The third-order valence-corrected chi connectivity index (χ3v) is 5.56. The van der Waals surface area contributed by atoms with Gasteiger partial charge in [-0.2, -0.15) is 0 Å². The Bertz CT molecular complexity index is 289. The van der Waals surface area contributed by atoms with Crippen LogP contribution in [0.25, 0.3) is 6.08 Å². The number of hydrogen-bond donors (Lipinski definition) is 0. The van der Waals surface area contributed by atoms with Crippen molar-refractivity contribution in [3.8, 4) is 0 Å². The zero-order valence-electron chi connectivity index (χ0n) is 7.11. The van der Waals surface area contributed by atoms with E-state index in [2.05, 4.69) is 66.9 Å². The highest BCUT2D eigenvalue weighted by atomic mass is 79.9. The molecule has 0 aliphatic carbocycles. The van der Waals surface area contributed by atoms with Crippen molar-refractivity contribution in [1.82, 2.24) is 0 Å². The molecule has 0 bridgehead atoms. The van der Waals surface area contributed by atoms with Crippen LogP contribution >= 0.6 is 59.1 Å². The van der Waals surface area contributed by atoms with Gasteiger partial charge in [0.05, 0.1) is 3.79 Å². The number of thiophene rings is 1. The van der Waals surface area contributed by atoms with Crippen molar-refractivity contribution in [2.75, 3.05) is 5.33 Å². The van der Waals surface area contributed by atoms with Crippen molar-refractivity contribution in [3.05, 3.63) is 24.8 Å². The minimum atomic E-state index is 0.955. The molecule has 1 aromatic heterocycles. The molecule has 0 fully saturated rings. The molecule has 0 saturated carbocycles. The molecule has 0 atom stereocenters. The summed E-state index contributed by atoms with van der Waals surface area (Å²) in [6, 6.07) is 2.13. The molecule has 0 saturated heterocycles. The predicted molar refractivity (Wildman–Crippen MR) is 71.8 cm³/mol. The highest BCUT2D eigenvalue weighted by molar-refractivity contribution is 9.13. The lowest BCUT2D eigenvalue weighted by Crippen LogP contribution is -1.79. The molecule has 0 amide bonds. The molecule has 0 N–H and O–H groups in total. The van der Waals surface area contributed by atoms with Crippen LogP contribution in [0.2, 0.25) is 0 Å². The van der Waals surface area contributed by atoms with E-state index in [1.165, 1.54) is 10.5 Å². The van der Waals surface area contributed by atoms with Gasteiger partial charge in [-0.1, -0.05) is 28.4 Å². The summed E-state index contributed by atoms with van der Waals surface area (Å²) in [7, 11) is 0. The molecule has 0 aromatic carbocycles. The summed E-state index contributed by atoms with van der Waals surface area (Å²) in [6.45, 7) is 2.17. The molecule has 72 valence electrons. The summed E-state index contributed by atoms with van der Waals surface area (Å²) < 4.78 is 2.29. The van der Waals surface area contributed by atoms with Gasteiger partial charge in [0.2, 0.25) is 0 Å². The smallest absolute Gasteiger partial charge is 0.0846 e. The quantitative estimate of drug-likeness (QED) is 0.603. The van der Waals surface area contributed by atoms with Crippen LogP contribution in [-0.4, -0.2) is 5.33 Å². The van der Waals surface area contributed by atoms with Crippen molar-refractivity contribution in [2.45, 2.75) is 13.3 Å². The van der Waals surface area contributed by atoms with E-state index in [0.29, 0.717) is 0 Å². The molecule has 0 aliphatic heterocycles. The zero-order chi connectivity index (χ0) is 9.84. The molecule has 0 nitrogen and oxygen atoms in total. The second-order valence-corrected chi connectivity index (χ2v) is 6.38. The number of hydrogen-bond acceptors (Lipinski definition) is 1. The first-order valence-electron chi connectivity index (χ1n) is 3.87. The maximum absolute atomic E-state index is 3.48. The van der Waals surface area contributed by atoms with E-state index in [9.17, 15) is 0 Å². The number of rotatable bonds is 3. The largest absolute Gasteiger partial charge is 0.128 e. The Labute approximate surface area is 108 Å². The van der Waals surface area contributed by atoms with Crippen LogP contribution in [-0.2, 0) is 0 Å². The first kappa shape index (κ1) is 12.0. The number of allylic oxidation sites excluding steroid dienone is 1. The van der Waals surface area contributed by atoms with Gasteiger partial charge in [0.1, 0.15) is 0 Å². The average Bonchev–Trinajstić information content (AvgIpc) is 2.42. The molecule has 4 heteroatoms. The van der Waals surface area contributed by atoms with Crippen LogP contribution in [0.3, 0.4) is 0 Å². The fraction of sp³-hybridized carbons (Fsp3) is 0.333. The fourth-order valence-corrected chi connectivity index (χ4v) is 3.51. The second kappa shape index (κ2) is 5.69. The van der Waals surface area contributed by atoms with E-state index in [0.717, 1.165) is 20.0 Å². The summed E-state index contributed by atoms with van der Waals surface area (Å²) in [4.78, 5) is 1.29. The van der Waals surface area contributed by atoms with Crippen LogP contribution in [0.15, 0.2) is 19.9 Å². The van der Waals surface area contributed by atoms with Crippen molar-refractivity contribution < 1.29 is 0 Å². The van der Waals surface area contributed by atoms with Crippen molar-refractivity contribution in [2.24, 2.45) is 0 Å².